The van der Waals surface area contributed by atoms with Gasteiger partial charge in [-0.3, -0.25) is 0 Å². The van der Waals surface area contributed by atoms with Crippen LogP contribution in [-0.2, 0) is 16.0 Å². The minimum absolute atomic E-state index is 0.213. The maximum atomic E-state index is 14.9. The number of furan rings is 1. The number of alkyl halides is 3. The molecule has 0 amide bonds. The van der Waals surface area contributed by atoms with Crippen LogP contribution in [0.3, 0.4) is 0 Å². The quantitative estimate of drug-likeness (QED) is 0.371. The van der Waals surface area contributed by atoms with Crippen LogP contribution in [0, 0.1) is 11.6 Å². The predicted molar refractivity (Wildman–Crippen MR) is 105 cm³/mol. The van der Waals surface area contributed by atoms with E-state index < -0.39 is 38.2 Å². The summed E-state index contributed by atoms with van der Waals surface area (Å²) in [6, 6.07) is 10.3. The van der Waals surface area contributed by atoms with Crippen molar-refractivity contribution in [3.8, 4) is 28.3 Å². The van der Waals surface area contributed by atoms with E-state index >= 15 is 0 Å². The summed E-state index contributed by atoms with van der Waals surface area (Å²) in [5.74, 6) is -1.67. The van der Waals surface area contributed by atoms with Gasteiger partial charge >= 0.3 is 6.18 Å². The maximum absolute atomic E-state index is 14.9. The average Bonchev–Trinajstić information content (AvgIpc) is 3.37. The molecule has 0 saturated carbocycles. The van der Waals surface area contributed by atoms with Gasteiger partial charge < -0.3 is 4.42 Å². The number of aromatic nitrogens is 2. The fourth-order valence-corrected chi connectivity index (χ4v) is 3.88. The molecular formula is C21H13F5N2O3S. The second-order valence-corrected chi connectivity index (χ2v) is 8.87. The van der Waals surface area contributed by atoms with E-state index in [9.17, 15) is 30.4 Å². The summed E-state index contributed by atoms with van der Waals surface area (Å²) in [4.78, 5) is -0.625. The van der Waals surface area contributed by atoms with E-state index in [1.807, 2.05) is 0 Å². The number of benzene rings is 2. The molecule has 0 aliphatic heterocycles. The average molecular weight is 468 g/mol. The molecule has 32 heavy (non-hydrogen) atoms. The van der Waals surface area contributed by atoms with Crippen LogP contribution < -0.4 is 0 Å². The number of sulfone groups is 1. The van der Waals surface area contributed by atoms with Gasteiger partial charge in [0, 0.05) is 23.4 Å². The molecule has 0 radical (unpaired) electrons. The van der Waals surface area contributed by atoms with Gasteiger partial charge in [0.1, 0.15) is 22.3 Å². The lowest BCUT2D eigenvalue weighted by Gasteiger charge is -2.10. The van der Waals surface area contributed by atoms with Crippen molar-refractivity contribution >= 4 is 9.84 Å². The highest BCUT2D eigenvalue weighted by Gasteiger charge is 2.35. The zero-order valence-corrected chi connectivity index (χ0v) is 17.0. The lowest BCUT2D eigenvalue weighted by molar-refractivity contribution is -0.141. The Morgan fingerprint density at radius 2 is 1.72 bits per heavy atom. The molecule has 0 spiro atoms. The van der Waals surface area contributed by atoms with Gasteiger partial charge in [0.2, 0.25) is 0 Å². The van der Waals surface area contributed by atoms with E-state index in [-0.39, 0.29) is 16.9 Å². The summed E-state index contributed by atoms with van der Waals surface area (Å²) in [6.07, 6.45) is -2.67. The van der Waals surface area contributed by atoms with E-state index in [2.05, 4.69) is 5.10 Å². The predicted octanol–water partition coefficient (Wildman–Crippen LogP) is 5.50. The Morgan fingerprint density at radius 3 is 2.28 bits per heavy atom. The van der Waals surface area contributed by atoms with Crippen molar-refractivity contribution in [1.82, 2.24) is 9.78 Å². The molecule has 0 aliphatic carbocycles. The molecule has 2 heterocycles. The first kappa shape index (κ1) is 21.8. The van der Waals surface area contributed by atoms with Gasteiger partial charge in [0.25, 0.3) is 0 Å². The summed E-state index contributed by atoms with van der Waals surface area (Å²) in [6.45, 7) is 0. The largest absolute Gasteiger partial charge is 0.464 e. The smallest absolute Gasteiger partial charge is 0.435 e. The second kappa shape index (κ2) is 7.59. The zero-order chi connectivity index (χ0) is 23.3. The van der Waals surface area contributed by atoms with Gasteiger partial charge in [0.15, 0.2) is 15.5 Å². The Bertz CT molecular complexity index is 1410. The Labute approximate surface area is 178 Å². The molecular weight excluding hydrogens is 455 g/mol. The second-order valence-electron chi connectivity index (χ2n) is 6.88. The van der Waals surface area contributed by atoms with Gasteiger partial charge in [-0.1, -0.05) is 6.07 Å². The van der Waals surface area contributed by atoms with Crippen LogP contribution in [0.1, 0.15) is 5.69 Å². The van der Waals surface area contributed by atoms with Gasteiger partial charge in [-0.15, -0.1) is 0 Å². The highest BCUT2D eigenvalue weighted by Crippen LogP contribution is 2.35. The van der Waals surface area contributed by atoms with Crippen molar-refractivity contribution in [2.24, 2.45) is 0 Å². The van der Waals surface area contributed by atoms with Crippen LogP contribution >= 0.6 is 0 Å². The molecule has 166 valence electrons. The molecule has 0 unspecified atom stereocenters. The third kappa shape index (κ3) is 4.03. The van der Waals surface area contributed by atoms with Crippen molar-refractivity contribution in [3.05, 3.63) is 78.2 Å². The third-order valence-corrected chi connectivity index (χ3v) is 5.74. The van der Waals surface area contributed by atoms with Crippen molar-refractivity contribution in [2.75, 3.05) is 6.26 Å². The van der Waals surface area contributed by atoms with Crippen molar-refractivity contribution in [3.63, 3.8) is 0 Å². The summed E-state index contributed by atoms with van der Waals surface area (Å²) >= 11 is 0. The first-order valence-electron chi connectivity index (χ1n) is 8.96. The van der Waals surface area contributed by atoms with Crippen LogP contribution in [0.5, 0.6) is 0 Å². The molecule has 0 bridgehead atoms. The van der Waals surface area contributed by atoms with Crippen molar-refractivity contribution in [1.29, 1.82) is 0 Å². The third-order valence-electron chi connectivity index (χ3n) is 4.61. The normalized spacial score (nSPS) is 12.3. The molecule has 4 aromatic rings. The standard InChI is InChI=1S/C21H13F5N2O3S/c1-32(29,30)19-7-5-13(10-16(19)23)28-17(11-20(27-28)21(24,25)26)14-6-4-12(9-15(14)22)18-3-2-8-31-18/h2-11H,1H3. The number of hydrogen-bond acceptors (Lipinski definition) is 4. The molecule has 0 saturated heterocycles. The molecule has 5 nitrogen and oxygen atoms in total. The van der Waals surface area contributed by atoms with E-state index in [1.54, 1.807) is 12.1 Å². The fourth-order valence-electron chi connectivity index (χ4n) is 3.15. The van der Waals surface area contributed by atoms with E-state index in [0.717, 1.165) is 30.5 Å². The molecule has 0 aliphatic rings. The number of hydrogen-bond donors (Lipinski definition) is 0. The van der Waals surface area contributed by atoms with E-state index in [4.69, 9.17) is 4.42 Å². The molecule has 11 heteroatoms. The zero-order valence-electron chi connectivity index (χ0n) is 16.2. The lowest BCUT2D eigenvalue weighted by atomic mass is 10.1. The minimum Gasteiger partial charge on any atom is -0.464 e. The summed E-state index contributed by atoms with van der Waals surface area (Å²) in [5.41, 5.74) is -1.70. The molecule has 0 N–H and O–H groups in total. The SMILES string of the molecule is CS(=O)(=O)c1ccc(-n2nc(C(F)(F)F)cc2-c2ccc(-c3ccco3)cc2F)cc1F. The first-order chi connectivity index (χ1) is 14.9. The Balaban J connectivity index is 1.89. The van der Waals surface area contributed by atoms with Crippen molar-refractivity contribution < 1.29 is 34.8 Å². The molecule has 4 rings (SSSR count). The summed E-state index contributed by atoms with van der Waals surface area (Å²) in [5, 5.41) is 3.46. The number of nitrogens with zero attached hydrogens (tertiary/aromatic N) is 2. The van der Waals surface area contributed by atoms with Gasteiger partial charge in [-0.2, -0.15) is 18.3 Å². The van der Waals surface area contributed by atoms with Crippen LogP contribution in [0.25, 0.3) is 28.3 Å². The van der Waals surface area contributed by atoms with Crippen LogP contribution in [0.2, 0.25) is 0 Å². The minimum atomic E-state index is -4.85. The van der Waals surface area contributed by atoms with Crippen LogP contribution in [0.15, 0.2) is 70.2 Å². The monoisotopic (exact) mass is 468 g/mol. The van der Waals surface area contributed by atoms with Crippen LogP contribution in [-0.4, -0.2) is 24.5 Å². The number of rotatable bonds is 4. The highest BCUT2D eigenvalue weighted by atomic mass is 32.2. The number of halogens is 5. The van der Waals surface area contributed by atoms with Crippen LogP contribution in [0.4, 0.5) is 22.0 Å². The van der Waals surface area contributed by atoms with E-state index in [0.29, 0.717) is 22.1 Å². The lowest BCUT2D eigenvalue weighted by Crippen LogP contribution is -2.08. The van der Waals surface area contributed by atoms with Gasteiger partial charge in [-0.25, -0.2) is 21.9 Å². The highest BCUT2D eigenvalue weighted by molar-refractivity contribution is 7.90. The maximum Gasteiger partial charge on any atom is 0.435 e. The van der Waals surface area contributed by atoms with E-state index in [1.165, 1.54) is 18.4 Å². The Hall–Kier alpha value is -3.47. The molecule has 2 aromatic carbocycles. The Kier molecular flexibility index (Phi) is 5.16. The molecule has 0 atom stereocenters. The topological polar surface area (TPSA) is 65.1 Å². The van der Waals surface area contributed by atoms with Crippen molar-refractivity contribution in [2.45, 2.75) is 11.1 Å². The fraction of sp³-hybridized carbons (Fsp3) is 0.0952. The molecule has 0 fully saturated rings. The van der Waals surface area contributed by atoms with Gasteiger partial charge in [0.05, 0.1) is 17.6 Å². The summed E-state index contributed by atoms with van der Waals surface area (Å²) in [7, 11) is -3.90. The molecule has 2 aromatic heterocycles. The Morgan fingerprint density at radius 1 is 0.969 bits per heavy atom. The summed E-state index contributed by atoms with van der Waals surface area (Å²) < 4.78 is 98.4. The van der Waals surface area contributed by atoms with Gasteiger partial charge in [-0.05, 0) is 42.5 Å². The first-order valence-corrected chi connectivity index (χ1v) is 10.9.